The molecule has 0 saturated carbocycles. The van der Waals surface area contributed by atoms with E-state index in [1.165, 1.54) is 16.3 Å². The van der Waals surface area contributed by atoms with Gasteiger partial charge in [0.25, 0.3) is 0 Å². The van der Waals surface area contributed by atoms with Gasteiger partial charge in [-0.15, -0.1) is 0 Å². The van der Waals surface area contributed by atoms with Crippen molar-refractivity contribution in [1.82, 2.24) is 20.2 Å². The van der Waals surface area contributed by atoms with Gasteiger partial charge in [-0.25, -0.2) is 9.97 Å². The van der Waals surface area contributed by atoms with Gasteiger partial charge in [-0.2, -0.15) is 0 Å². The molecule has 1 saturated heterocycles. The molecule has 0 aliphatic carbocycles. The van der Waals surface area contributed by atoms with Gasteiger partial charge >= 0.3 is 0 Å². The Kier molecular flexibility index (Phi) is 5.14. The number of rotatable bonds is 3. The third-order valence-corrected chi connectivity index (χ3v) is 4.94. The molecule has 1 aliphatic rings. The molecule has 0 atom stereocenters. The Hall–Kier alpha value is -3.15. The van der Waals surface area contributed by atoms with Crippen molar-refractivity contribution in [3.63, 3.8) is 0 Å². The summed E-state index contributed by atoms with van der Waals surface area (Å²) < 4.78 is 0. The topological polar surface area (TPSA) is 56.7 Å². The van der Waals surface area contributed by atoms with E-state index in [-0.39, 0.29) is 0 Å². The summed E-state index contributed by atoms with van der Waals surface area (Å²) in [5, 5.41) is 6.08. The fraction of sp³-hybridized carbons (Fsp3) is 0.286. The number of aliphatic imine (C=N–C) groups is 1. The monoisotopic (exact) mass is 360 g/mol. The van der Waals surface area contributed by atoms with Crippen LogP contribution in [0.3, 0.4) is 0 Å². The minimum Gasteiger partial charge on any atom is -0.352 e. The Morgan fingerprint density at radius 2 is 1.70 bits per heavy atom. The van der Waals surface area contributed by atoms with Crippen molar-refractivity contribution in [3.8, 4) is 0 Å². The molecule has 2 heterocycles. The summed E-state index contributed by atoms with van der Waals surface area (Å²) in [6.45, 7) is 4.33. The number of guanidine groups is 1. The summed E-state index contributed by atoms with van der Waals surface area (Å²) in [7, 11) is 1.85. The van der Waals surface area contributed by atoms with Crippen LogP contribution in [0.5, 0.6) is 0 Å². The van der Waals surface area contributed by atoms with Gasteiger partial charge in [-0.05, 0) is 22.4 Å². The standard InChI is InChI=1S/C21H24N6/c1-22-20(25-16-18-8-4-7-17-6-2-3-9-19(17)18)26-12-14-27(15-13-26)21-23-10-5-11-24-21/h2-11H,12-16H2,1H3,(H,22,25). The lowest BCUT2D eigenvalue weighted by Crippen LogP contribution is -2.52. The van der Waals surface area contributed by atoms with Crippen LogP contribution < -0.4 is 10.2 Å². The van der Waals surface area contributed by atoms with Gasteiger partial charge in [0.2, 0.25) is 5.95 Å². The predicted molar refractivity (Wildman–Crippen MR) is 110 cm³/mol. The molecule has 1 aliphatic heterocycles. The highest BCUT2D eigenvalue weighted by atomic mass is 15.4. The summed E-state index contributed by atoms with van der Waals surface area (Å²) in [6, 6.07) is 16.8. The second kappa shape index (κ2) is 8.03. The van der Waals surface area contributed by atoms with E-state index in [0.717, 1.165) is 44.6 Å². The van der Waals surface area contributed by atoms with Crippen molar-refractivity contribution in [2.24, 2.45) is 4.99 Å². The van der Waals surface area contributed by atoms with Crippen LogP contribution in [0, 0.1) is 0 Å². The molecule has 0 radical (unpaired) electrons. The predicted octanol–water partition coefficient (Wildman–Crippen LogP) is 2.53. The smallest absolute Gasteiger partial charge is 0.225 e. The number of nitrogens with one attached hydrogen (secondary N) is 1. The lowest BCUT2D eigenvalue weighted by atomic mass is 10.0. The van der Waals surface area contributed by atoms with Crippen molar-refractivity contribution >= 4 is 22.7 Å². The molecule has 6 heteroatoms. The van der Waals surface area contributed by atoms with Gasteiger partial charge in [0.1, 0.15) is 0 Å². The molecule has 4 rings (SSSR count). The minimum absolute atomic E-state index is 0.760. The average Bonchev–Trinajstić information content (AvgIpc) is 2.75. The van der Waals surface area contributed by atoms with E-state index in [1.54, 1.807) is 12.4 Å². The first-order valence-electron chi connectivity index (χ1n) is 9.29. The first kappa shape index (κ1) is 17.3. The number of piperazine rings is 1. The van der Waals surface area contributed by atoms with Gasteiger partial charge in [0.05, 0.1) is 0 Å². The molecule has 0 unspecified atom stereocenters. The summed E-state index contributed by atoms with van der Waals surface area (Å²) in [6.07, 6.45) is 3.58. The van der Waals surface area contributed by atoms with Crippen LogP contribution in [0.1, 0.15) is 5.56 Å². The summed E-state index contributed by atoms with van der Waals surface area (Å²) in [4.78, 5) is 17.7. The highest BCUT2D eigenvalue weighted by Crippen LogP contribution is 2.18. The number of nitrogens with zero attached hydrogens (tertiary/aromatic N) is 5. The van der Waals surface area contributed by atoms with Crippen molar-refractivity contribution in [3.05, 3.63) is 66.5 Å². The third kappa shape index (κ3) is 3.84. The Bertz CT molecular complexity index is 911. The van der Waals surface area contributed by atoms with Crippen LogP contribution in [0.25, 0.3) is 10.8 Å². The van der Waals surface area contributed by atoms with Crippen molar-refractivity contribution in [1.29, 1.82) is 0 Å². The number of benzene rings is 2. The van der Waals surface area contributed by atoms with Gasteiger partial charge in [-0.1, -0.05) is 42.5 Å². The van der Waals surface area contributed by atoms with Crippen LogP contribution in [0.2, 0.25) is 0 Å². The molecule has 1 fully saturated rings. The van der Waals surface area contributed by atoms with Gasteiger partial charge in [-0.3, -0.25) is 4.99 Å². The first-order valence-corrected chi connectivity index (χ1v) is 9.29. The molecule has 27 heavy (non-hydrogen) atoms. The van der Waals surface area contributed by atoms with Crippen LogP contribution >= 0.6 is 0 Å². The van der Waals surface area contributed by atoms with E-state index in [4.69, 9.17) is 0 Å². The Morgan fingerprint density at radius 3 is 2.48 bits per heavy atom. The van der Waals surface area contributed by atoms with E-state index < -0.39 is 0 Å². The van der Waals surface area contributed by atoms with E-state index in [2.05, 4.69) is 72.5 Å². The zero-order valence-electron chi connectivity index (χ0n) is 15.5. The van der Waals surface area contributed by atoms with Crippen LogP contribution in [-0.4, -0.2) is 54.1 Å². The Morgan fingerprint density at radius 1 is 0.963 bits per heavy atom. The molecule has 1 N–H and O–H groups in total. The molecule has 1 aromatic heterocycles. The number of hydrogen-bond donors (Lipinski definition) is 1. The lowest BCUT2D eigenvalue weighted by Gasteiger charge is -2.36. The fourth-order valence-electron chi connectivity index (χ4n) is 3.53. The second-order valence-electron chi connectivity index (χ2n) is 6.56. The van der Waals surface area contributed by atoms with Crippen molar-refractivity contribution in [2.75, 3.05) is 38.1 Å². The summed E-state index contributed by atoms with van der Waals surface area (Å²) in [5.74, 6) is 1.74. The highest BCUT2D eigenvalue weighted by molar-refractivity contribution is 5.86. The number of fused-ring (bicyclic) bond motifs is 1. The second-order valence-corrected chi connectivity index (χ2v) is 6.56. The van der Waals surface area contributed by atoms with Gasteiger partial charge < -0.3 is 15.1 Å². The summed E-state index contributed by atoms with van der Waals surface area (Å²) in [5.41, 5.74) is 1.28. The Labute approximate surface area is 159 Å². The Balaban J connectivity index is 1.39. The summed E-state index contributed by atoms with van der Waals surface area (Å²) >= 11 is 0. The van der Waals surface area contributed by atoms with E-state index >= 15 is 0 Å². The highest BCUT2D eigenvalue weighted by Gasteiger charge is 2.21. The van der Waals surface area contributed by atoms with E-state index in [0.29, 0.717) is 0 Å². The van der Waals surface area contributed by atoms with Crippen molar-refractivity contribution in [2.45, 2.75) is 6.54 Å². The maximum absolute atomic E-state index is 4.49. The maximum Gasteiger partial charge on any atom is 0.225 e. The largest absolute Gasteiger partial charge is 0.352 e. The number of anilines is 1. The quantitative estimate of drug-likeness (QED) is 0.575. The SMILES string of the molecule is CN=C(NCc1cccc2ccccc12)N1CCN(c2ncccn2)CC1. The average molecular weight is 360 g/mol. The molecule has 0 spiro atoms. The van der Waals surface area contributed by atoms with Crippen LogP contribution in [0.15, 0.2) is 65.9 Å². The molecule has 138 valence electrons. The van der Waals surface area contributed by atoms with Gasteiger partial charge in [0, 0.05) is 52.2 Å². The molecule has 2 aromatic carbocycles. The minimum atomic E-state index is 0.760. The molecule has 0 bridgehead atoms. The lowest BCUT2D eigenvalue weighted by molar-refractivity contribution is 0.370. The van der Waals surface area contributed by atoms with E-state index in [1.807, 2.05) is 13.1 Å². The van der Waals surface area contributed by atoms with Crippen LogP contribution in [0.4, 0.5) is 5.95 Å². The fourth-order valence-corrected chi connectivity index (χ4v) is 3.53. The molecule has 0 amide bonds. The normalized spacial score (nSPS) is 15.2. The zero-order valence-corrected chi connectivity index (χ0v) is 15.5. The molecular weight excluding hydrogens is 336 g/mol. The maximum atomic E-state index is 4.49. The zero-order chi connectivity index (χ0) is 18.5. The molecular formula is C21H24N6. The molecule has 6 nitrogen and oxygen atoms in total. The van der Waals surface area contributed by atoms with Crippen molar-refractivity contribution < 1.29 is 0 Å². The van der Waals surface area contributed by atoms with Crippen LogP contribution in [-0.2, 0) is 6.54 Å². The number of aromatic nitrogens is 2. The van der Waals surface area contributed by atoms with Gasteiger partial charge in [0.15, 0.2) is 5.96 Å². The molecule has 3 aromatic rings. The third-order valence-electron chi connectivity index (χ3n) is 4.94. The number of hydrogen-bond acceptors (Lipinski definition) is 4. The van der Waals surface area contributed by atoms with E-state index in [9.17, 15) is 0 Å². The first-order chi connectivity index (χ1) is 13.3.